The van der Waals surface area contributed by atoms with E-state index in [0.717, 1.165) is 42.8 Å². The number of carbonyl (C=O) groups is 1. The van der Waals surface area contributed by atoms with Crippen molar-refractivity contribution >= 4 is 34.2 Å². The van der Waals surface area contributed by atoms with Gasteiger partial charge in [-0.05, 0) is 31.2 Å². The van der Waals surface area contributed by atoms with Gasteiger partial charge in [-0.3, -0.25) is 4.79 Å². The molecule has 1 aromatic carbocycles. The van der Waals surface area contributed by atoms with Gasteiger partial charge in [0.2, 0.25) is 0 Å². The second-order valence-corrected chi connectivity index (χ2v) is 5.96. The average Bonchev–Trinajstić information content (AvgIpc) is 2.82. The molecule has 7 heteroatoms. The van der Waals surface area contributed by atoms with E-state index in [1.165, 1.54) is 0 Å². The lowest BCUT2D eigenvalue weighted by molar-refractivity contribution is 0.0766. The SMILES string of the molecule is Cl.O=C(c1cnn(-c2cccc(Br)c2)c1)N1CCCNCC1. The summed E-state index contributed by atoms with van der Waals surface area (Å²) in [5.41, 5.74) is 1.57. The Hall–Kier alpha value is -1.37. The fourth-order valence-electron chi connectivity index (χ4n) is 2.42. The van der Waals surface area contributed by atoms with Crippen LogP contribution in [0.1, 0.15) is 16.8 Å². The number of benzene rings is 1. The second kappa shape index (κ2) is 7.76. The normalized spacial score (nSPS) is 15.0. The van der Waals surface area contributed by atoms with Gasteiger partial charge in [0.1, 0.15) is 0 Å². The van der Waals surface area contributed by atoms with E-state index >= 15 is 0 Å². The van der Waals surface area contributed by atoms with Gasteiger partial charge in [-0.25, -0.2) is 4.68 Å². The quantitative estimate of drug-likeness (QED) is 0.864. The van der Waals surface area contributed by atoms with Crippen LogP contribution in [0.2, 0.25) is 0 Å². The second-order valence-electron chi connectivity index (χ2n) is 5.05. The highest BCUT2D eigenvalue weighted by atomic mass is 79.9. The number of hydrogen-bond donors (Lipinski definition) is 1. The Morgan fingerprint density at radius 2 is 2.14 bits per heavy atom. The minimum atomic E-state index is 0. The van der Waals surface area contributed by atoms with Crippen molar-refractivity contribution in [1.29, 1.82) is 0 Å². The zero-order valence-electron chi connectivity index (χ0n) is 12.0. The molecular weight excluding hydrogens is 368 g/mol. The van der Waals surface area contributed by atoms with E-state index in [4.69, 9.17) is 0 Å². The first-order chi connectivity index (χ1) is 10.2. The van der Waals surface area contributed by atoms with Gasteiger partial charge in [-0.2, -0.15) is 5.10 Å². The number of aromatic nitrogens is 2. The molecule has 0 aliphatic carbocycles. The molecule has 0 unspecified atom stereocenters. The largest absolute Gasteiger partial charge is 0.337 e. The van der Waals surface area contributed by atoms with Crippen molar-refractivity contribution in [3.8, 4) is 5.69 Å². The summed E-state index contributed by atoms with van der Waals surface area (Å²) in [7, 11) is 0. The van der Waals surface area contributed by atoms with Crippen LogP contribution in [0.3, 0.4) is 0 Å². The van der Waals surface area contributed by atoms with Gasteiger partial charge in [-0.1, -0.05) is 22.0 Å². The van der Waals surface area contributed by atoms with Crippen LogP contribution < -0.4 is 5.32 Å². The van der Waals surface area contributed by atoms with Gasteiger partial charge in [0, 0.05) is 30.3 Å². The molecule has 1 aliphatic rings. The molecule has 1 saturated heterocycles. The van der Waals surface area contributed by atoms with E-state index in [2.05, 4.69) is 26.3 Å². The van der Waals surface area contributed by atoms with Crippen LogP contribution in [0.4, 0.5) is 0 Å². The standard InChI is InChI=1S/C15H17BrN4O.ClH/c16-13-3-1-4-14(9-13)20-11-12(10-18-20)15(21)19-7-2-5-17-6-8-19;/h1,3-4,9-11,17H,2,5-8H2;1H. The molecule has 22 heavy (non-hydrogen) atoms. The summed E-state index contributed by atoms with van der Waals surface area (Å²) < 4.78 is 2.72. The first-order valence-electron chi connectivity index (χ1n) is 7.04. The molecule has 0 radical (unpaired) electrons. The summed E-state index contributed by atoms with van der Waals surface area (Å²) in [5, 5.41) is 7.60. The molecule has 1 fully saturated rings. The van der Waals surface area contributed by atoms with Crippen molar-refractivity contribution in [3.05, 3.63) is 46.7 Å². The summed E-state index contributed by atoms with van der Waals surface area (Å²) in [6.45, 7) is 3.38. The van der Waals surface area contributed by atoms with Gasteiger partial charge < -0.3 is 10.2 Å². The first kappa shape index (κ1) is 17.0. The topological polar surface area (TPSA) is 50.2 Å². The minimum Gasteiger partial charge on any atom is -0.337 e. The number of rotatable bonds is 2. The zero-order chi connectivity index (χ0) is 14.7. The molecule has 1 N–H and O–H groups in total. The van der Waals surface area contributed by atoms with Gasteiger partial charge in [0.15, 0.2) is 0 Å². The number of halogens is 2. The van der Waals surface area contributed by atoms with Gasteiger partial charge in [-0.15, -0.1) is 12.4 Å². The molecular formula is C15H18BrClN4O. The van der Waals surface area contributed by atoms with E-state index < -0.39 is 0 Å². The first-order valence-corrected chi connectivity index (χ1v) is 7.84. The lowest BCUT2D eigenvalue weighted by Crippen LogP contribution is -2.33. The zero-order valence-corrected chi connectivity index (χ0v) is 14.4. The van der Waals surface area contributed by atoms with Crippen molar-refractivity contribution < 1.29 is 4.79 Å². The monoisotopic (exact) mass is 384 g/mol. The van der Waals surface area contributed by atoms with E-state index in [0.29, 0.717) is 5.56 Å². The Morgan fingerprint density at radius 1 is 1.27 bits per heavy atom. The molecule has 118 valence electrons. The molecule has 3 rings (SSSR count). The Morgan fingerprint density at radius 3 is 2.95 bits per heavy atom. The fourth-order valence-corrected chi connectivity index (χ4v) is 2.81. The third-order valence-electron chi connectivity index (χ3n) is 3.53. The Kier molecular flexibility index (Phi) is 5.99. The number of hydrogen-bond acceptors (Lipinski definition) is 3. The van der Waals surface area contributed by atoms with Crippen LogP contribution in [-0.2, 0) is 0 Å². The van der Waals surface area contributed by atoms with Crippen LogP contribution in [-0.4, -0.2) is 46.8 Å². The van der Waals surface area contributed by atoms with Gasteiger partial charge in [0.25, 0.3) is 5.91 Å². The van der Waals surface area contributed by atoms with Crippen LogP contribution in [0.5, 0.6) is 0 Å². The van der Waals surface area contributed by atoms with Crippen LogP contribution in [0, 0.1) is 0 Å². The summed E-state index contributed by atoms with van der Waals surface area (Å²) in [6, 6.07) is 7.84. The highest BCUT2D eigenvalue weighted by Crippen LogP contribution is 2.16. The highest BCUT2D eigenvalue weighted by molar-refractivity contribution is 9.10. The van der Waals surface area contributed by atoms with Gasteiger partial charge >= 0.3 is 0 Å². The van der Waals surface area contributed by atoms with Crippen molar-refractivity contribution in [2.45, 2.75) is 6.42 Å². The Labute approximate surface area is 144 Å². The molecule has 0 atom stereocenters. The Bertz CT molecular complexity index is 638. The van der Waals surface area contributed by atoms with Crippen molar-refractivity contribution in [2.75, 3.05) is 26.2 Å². The average molecular weight is 386 g/mol. The number of nitrogens with one attached hydrogen (secondary N) is 1. The van der Waals surface area contributed by atoms with Gasteiger partial charge in [0.05, 0.1) is 17.4 Å². The van der Waals surface area contributed by atoms with Crippen molar-refractivity contribution in [2.24, 2.45) is 0 Å². The molecule has 0 saturated carbocycles. The van der Waals surface area contributed by atoms with Crippen molar-refractivity contribution in [1.82, 2.24) is 20.0 Å². The molecule has 0 bridgehead atoms. The van der Waals surface area contributed by atoms with E-state index in [9.17, 15) is 4.79 Å². The third-order valence-corrected chi connectivity index (χ3v) is 4.02. The van der Waals surface area contributed by atoms with E-state index in [-0.39, 0.29) is 18.3 Å². The maximum Gasteiger partial charge on any atom is 0.257 e. The molecule has 1 aromatic heterocycles. The van der Waals surface area contributed by atoms with E-state index in [1.807, 2.05) is 29.2 Å². The molecule has 2 aromatic rings. The summed E-state index contributed by atoms with van der Waals surface area (Å²) >= 11 is 3.44. The minimum absolute atomic E-state index is 0. The van der Waals surface area contributed by atoms with Crippen LogP contribution >= 0.6 is 28.3 Å². The lowest BCUT2D eigenvalue weighted by atomic mass is 10.3. The molecule has 2 heterocycles. The molecule has 0 spiro atoms. The number of carbonyl (C=O) groups excluding carboxylic acids is 1. The summed E-state index contributed by atoms with van der Waals surface area (Å²) in [5.74, 6) is 0.0555. The maximum absolute atomic E-state index is 12.5. The number of nitrogens with zero attached hydrogens (tertiary/aromatic N) is 3. The summed E-state index contributed by atoms with van der Waals surface area (Å²) in [4.78, 5) is 14.4. The fraction of sp³-hybridized carbons (Fsp3) is 0.333. The van der Waals surface area contributed by atoms with Crippen LogP contribution in [0.25, 0.3) is 5.69 Å². The van der Waals surface area contributed by atoms with Crippen LogP contribution in [0.15, 0.2) is 41.1 Å². The number of amides is 1. The Balaban J connectivity index is 0.00000176. The summed E-state index contributed by atoms with van der Waals surface area (Å²) in [6.07, 6.45) is 4.43. The predicted octanol–water partition coefficient (Wildman–Crippen LogP) is 2.49. The molecule has 5 nitrogen and oxygen atoms in total. The maximum atomic E-state index is 12.5. The highest BCUT2D eigenvalue weighted by Gasteiger charge is 2.18. The van der Waals surface area contributed by atoms with Crippen molar-refractivity contribution in [3.63, 3.8) is 0 Å². The predicted molar refractivity (Wildman–Crippen MR) is 91.9 cm³/mol. The third kappa shape index (κ3) is 3.88. The lowest BCUT2D eigenvalue weighted by Gasteiger charge is -2.18. The van der Waals surface area contributed by atoms with E-state index in [1.54, 1.807) is 17.1 Å². The molecule has 1 amide bonds. The molecule has 1 aliphatic heterocycles. The smallest absolute Gasteiger partial charge is 0.257 e.